The highest BCUT2D eigenvalue weighted by atomic mass is 35.5. The van der Waals surface area contributed by atoms with Gasteiger partial charge in [0, 0.05) is 41.3 Å². The van der Waals surface area contributed by atoms with E-state index in [9.17, 15) is 9.59 Å². The smallest absolute Gasteiger partial charge is 0.268 e. The number of aryl methyl sites for hydroxylation is 1. The number of nitrogens with one attached hydrogen (secondary N) is 1. The Morgan fingerprint density at radius 3 is 2.57 bits per heavy atom. The summed E-state index contributed by atoms with van der Waals surface area (Å²) in [6.45, 7) is 0.376. The number of hydrogen-bond donors (Lipinski definition) is 2. The largest absolute Gasteiger partial charge is 0.366 e. The number of rotatable bonds is 5. The van der Waals surface area contributed by atoms with Crippen LogP contribution in [0.2, 0.25) is 5.02 Å². The molecule has 2 aromatic heterocycles. The molecule has 0 spiro atoms. The van der Waals surface area contributed by atoms with E-state index in [0.29, 0.717) is 22.8 Å². The number of nitrogens with zero attached hydrogens (tertiary/aromatic N) is 2. The first kappa shape index (κ1) is 19.7. The lowest BCUT2D eigenvalue weighted by Crippen LogP contribution is -2.24. The molecule has 6 nitrogen and oxygen atoms in total. The van der Waals surface area contributed by atoms with Crippen LogP contribution < -0.4 is 11.1 Å². The number of pyridine rings is 1. The van der Waals surface area contributed by atoms with E-state index in [2.05, 4.69) is 10.3 Å². The Hall–Kier alpha value is -3.64. The van der Waals surface area contributed by atoms with Crippen molar-refractivity contribution in [1.29, 1.82) is 0 Å². The molecule has 2 heterocycles. The summed E-state index contributed by atoms with van der Waals surface area (Å²) in [6.07, 6.45) is 3.47. The number of aromatic nitrogens is 2. The molecule has 0 radical (unpaired) electrons. The molecule has 0 saturated carbocycles. The summed E-state index contributed by atoms with van der Waals surface area (Å²) in [5, 5.41) is 4.46. The van der Waals surface area contributed by atoms with Gasteiger partial charge in [-0.15, -0.1) is 0 Å². The molecule has 7 heteroatoms. The van der Waals surface area contributed by atoms with Crippen LogP contribution in [0.5, 0.6) is 0 Å². The van der Waals surface area contributed by atoms with Crippen molar-refractivity contribution in [3.05, 3.63) is 88.8 Å². The van der Waals surface area contributed by atoms with Crippen LogP contribution >= 0.6 is 11.6 Å². The Balaban J connectivity index is 1.65. The van der Waals surface area contributed by atoms with Crippen molar-refractivity contribution in [3.63, 3.8) is 0 Å². The number of nitrogens with two attached hydrogens (primary N) is 1. The van der Waals surface area contributed by atoms with Gasteiger partial charge in [-0.05, 0) is 41.5 Å². The van der Waals surface area contributed by atoms with Crippen molar-refractivity contribution >= 4 is 34.3 Å². The SMILES string of the molecule is Cn1c(C(=O)NCc2cccc(Cl)c2)cc2c(-c3ccc(C(N)=O)cc3)cncc21. The van der Waals surface area contributed by atoms with Gasteiger partial charge in [0.25, 0.3) is 5.91 Å². The maximum atomic E-state index is 12.8. The number of hydrogen-bond acceptors (Lipinski definition) is 3. The van der Waals surface area contributed by atoms with E-state index >= 15 is 0 Å². The normalized spacial score (nSPS) is 10.9. The molecule has 0 atom stereocenters. The maximum absolute atomic E-state index is 12.8. The number of carbonyl (C=O) groups is 2. The van der Waals surface area contributed by atoms with Crippen LogP contribution in [-0.2, 0) is 13.6 Å². The summed E-state index contributed by atoms with van der Waals surface area (Å²) >= 11 is 6.01. The fourth-order valence-electron chi connectivity index (χ4n) is 3.42. The van der Waals surface area contributed by atoms with E-state index in [0.717, 1.165) is 27.6 Å². The second-order valence-electron chi connectivity index (χ2n) is 6.96. The number of amides is 2. The average Bonchev–Trinajstić information content (AvgIpc) is 3.09. The molecule has 150 valence electrons. The fraction of sp³-hybridized carbons (Fsp3) is 0.0870. The van der Waals surface area contributed by atoms with Gasteiger partial charge in [-0.25, -0.2) is 0 Å². The van der Waals surface area contributed by atoms with Gasteiger partial charge >= 0.3 is 0 Å². The first-order valence-corrected chi connectivity index (χ1v) is 9.68. The van der Waals surface area contributed by atoms with Gasteiger partial charge in [-0.2, -0.15) is 0 Å². The van der Waals surface area contributed by atoms with Crippen molar-refractivity contribution < 1.29 is 9.59 Å². The molecular formula is C23H19ClN4O2. The van der Waals surface area contributed by atoms with Crippen LogP contribution in [0.3, 0.4) is 0 Å². The summed E-state index contributed by atoms with van der Waals surface area (Å²) in [6, 6.07) is 16.2. The third-order valence-electron chi connectivity index (χ3n) is 5.03. The third-order valence-corrected chi connectivity index (χ3v) is 5.26. The molecule has 0 aliphatic rings. The number of fused-ring (bicyclic) bond motifs is 1. The molecule has 2 aromatic carbocycles. The van der Waals surface area contributed by atoms with Crippen molar-refractivity contribution in [3.8, 4) is 11.1 Å². The molecule has 0 fully saturated rings. The average molecular weight is 419 g/mol. The van der Waals surface area contributed by atoms with E-state index in [1.54, 1.807) is 30.6 Å². The van der Waals surface area contributed by atoms with Crippen LogP contribution in [-0.4, -0.2) is 21.4 Å². The highest BCUT2D eigenvalue weighted by Gasteiger charge is 2.16. The minimum absolute atomic E-state index is 0.191. The zero-order valence-electron chi connectivity index (χ0n) is 16.2. The number of halogens is 1. The van der Waals surface area contributed by atoms with Crippen molar-refractivity contribution in [2.75, 3.05) is 0 Å². The lowest BCUT2D eigenvalue weighted by molar-refractivity contribution is 0.0942. The second kappa shape index (κ2) is 8.00. The van der Waals surface area contributed by atoms with Crippen LogP contribution in [0.1, 0.15) is 26.4 Å². The van der Waals surface area contributed by atoms with Crippen LogP contribution in [0.15, 0.2) is 67.0 Å². The molecule has 0 aliphatic heterocycles. The topological polar surface area (TPSA) is 90.0 Å². The molecule has 4 rings (SSSR count). The van der Waals surface area contributed by atoms with E-state index in [1.807, 2.05) is 48.0 Å². The molecule has 0 aliphatic carbocycles. The van der Waals surface area contributed by atoms with Gasteiger partial charge < -0.3 is 15.6 Å². The van der Waals surface area contributed by atoms with Gasteiger partial charge in [-0.3, -0.25) is 14.6 Å². The van der Waals surface area contributed by atoms with Gasteiger partial charge in [0.05, 0.1) is 11.7 Å². The molecule has 0 bridgehead atoms. The number of benzene rings is 2. The summed E-state index contributed by atoms with van der Waals surface area (Å²) < 4.78 is 1.82. The lowest BCUT2D eigenvalue weighted by Gasteiger charge is -2.07. The Bertz CT molecular complexity index is 1260. The summed E-state index contributed by atoms with van der Waals surface area (Å²) in [5.41, 5.74) is 9.79. The Morgan fingerprint density at radius 1 is 1.10 bits per heavy atom. The first-order valence-electron chi connectivity index (χ1n) is 9.30. The molecule has 0 saturated heterocycles. The standard InChI is InChI=1S/C23H19ClN4O2/c1-28-20(23(30)27-11-14-3-2-4-17(24)9-14)10-18-19(12-26-13-21(18)28)15-5-7-16(8-6-15)22(25)29/h2-10,12-13H,11H2,1H3,(H2,25,29)(H,27,30). The quantitative estimate of drug-likeness (QED) is 0.514. The Labute approximate surface area is 178 Å². The van der Waals surface area contributed by atoms with E-state index in [4.69, 9.17) is 17.3 Å². The summed E-state index contributed by atoms with van der Waals surface area (Å²) in [7, 11) is 1.83. The van der Waals surface area contributed by atoms with Gasteiger partial charge in [-0.1, -0.05) is 35.9 Å². The van der Waals surface area contributed by atoms with Crippen LogP contribution in [0.25, 0.3) is 22.0 Å². The first-order chi connectivity index (χ1) is 14.4. The van der Waals surface area contributed by atoms with Gasteiger partial charge in [0.15, 0.2) is 0 Å². The van der Waals surface area contributed by atoms with Crippen LogP contribution in [0.4, 0.5) is 0 Å². The molecule has 0 unspecified atom stereocenters. The summed E-state index contributed by atoms with van der Waals surface area (Å²) in [4.78, 5) is 28.5. The Morgan fingerprint density at radius 2 is 1.87 bits per heavy atom. The van der Waals surface area contributed by atoms with Gasteiger partial charge in [0.2, 0.25) is 5.91 Å². The number of primary amides is 1. The maximum Gasteiger partial charge on any atom is 0.268 e. The van der Waals surface area contributed by atoms with E-state index in [-0.39, 0.29) is 5.91 Å². The third kappa shape index (κ3) is 3.77. The van der Waals surface area contributed by atoms with E-state index in [1.165, 1.54) is 0 Å². The Kier molecular flexibility index (Phi) is 5.25. The predicted molar refractivity (Wildman–Crippen MR) is 117 cm³/mol. The molecule has 4 aromatic rings. The predicted octanol–water partition coefficient (Wildman–Crippen LogP) is 3.92. The summed E-state index contributed by atoms with van der Waals surface area (Å²) in [5.74, 6) is -0.667. The second-order valence-corrected chi connectivity index (χ2v) is 7.40. The van der Waals surface area contributed by atoms with Crippen molar-refractivity contribution in [2.24, 2.45) is 12.8 Å². The lowest BCUT2D eigenvalue weighted by atomic mass is 10.0. The monoisotopic (exact) mass is 418 g/mol. The van der Waals surface area contributed by atoms with Crippen molar-refractivity contribution in [1.82, 2.24) is 14.9 Å². The van der Waals surface area contributed by atoms with E-state index < -0.39 is 5.91 Å². The molecule has 3 N–H and O–H groups in total. The van der Waals surface area contributed by atoms with Gasteiger partial charge in [0.1, 0.15) is 5.69 Å². The minimum Gasteiger partial charge on any atom is -0.366 e. The molecule has 30 heavy (non-hydrogen) atoms. The zero-order chi connectivity index (χ0) is 21.3. The highest BCUT2D eigenvalue weighted by molar-refractivity contribution is 6.30. The van der Waals surface area contributed by atoms with Crippen LogP contribution in [0, 0.1) is 0 Å². The van der Waals surface area contributed by atoms with Crippen molar-refractivity contribution in [2.45, 2.75) is 6.54 Å². The highest BCUT2D eigenvalue weighted by Crippen LogP contribution is 2.30. The fourth-order valence-corrected chi connectivity index (χ4v) is 3.64. The molecular weight excluding hydrogens is 400 g/mol. The molecule has 2 amide bonds. The minimum atomic E-state index is -0.476. The number of carbonyl (C=O) groups excluding carboxylic acids is 2. The zero-order valence-corrected chi connectivity index (χ0v) is 17.0.